The van der Waals surface area contributed by atoms with E-state index in [0.29, 0.717) is 17.0 Å². The number of aromatic nitrogens is 2. The summed E-state index contributed by atoms with van der Waals surface area (Å²) in [5.74, 6) is 1.06. The van der Waals surface area contributed by atoms with Gasteiger partial charge in [0.2, 0.25) is 5.13 Å². The van der Waals surface area contributed by atoms with E-state index in [2.05, 4.69) is 31.0 Å². The maximum atomic E-state index is 5.46. The lowest BCUT2D eigenvalue weighted by atomic mass is 9.99. The van der Waals surface area contributed by atoms with Crippen LogP contribution in [-0.4, -0.2) is 10.2 Å². The molecule has 62 valence electrons. The highest BCUT2D eigenvalue weighted by Gasteiger charge is 2.13. The fraction of sp³-hybridized carbons (Fsp3) is 0.714. The minimum absolute atomic E-state index is 0.463. The Kier molecular flexibility index (Phi) is 2.44. The number of hydrogen-bond acceptors (Lipinski definition) is 4. The fourth-order valence-corrected chi connectivity index (χ4v) is 1.55. The molecule has 0 spiro atoms. The quantitative estimate of drug-likeness (QED) is 0.739. The third-order valence-electron chi connectivity index (χ3n) is 1.85. The van der Waals surface area contributed by atoms with Gasteiger partial charge < -0.3 is 5.73 Å². The zero-order valence-corrected chi connectivity index (χ0v) is 7.85. The molecule has 2 N–H and O–H groups in total. The van der Waals surface area contributed by atoms with Gasteiger partial charge in [0, 0.05) is 5.92 Å². The van der Waals surface area contributed by atoms with Crippen LogP contribution in [0.4, 0.5) is 5.13 Å². The molecular formula is C7H13N3S. The van der Waals surface area contributed by atoms with Crippen LogP contribution in [0.5, 0.6) is 0 Å². The average molecular weight is 171 g/mol. The fourth-order valence-electron chi connectivity index (χ4n) is 0.716. The summed E-state index contributed by atoms with van der Waals surface area (Å²) in [6, 6.07) is 0. The van der Waals surface area contributed by atoms with Crippen LogP contribution in [0.2, 0.25) is 0 Å². The van der Waals surface area contributed by atoms with Gasteiger partial charge in [0.15, 0.2) is 0 Å². The van der Waals surface area contributed by atoms with Crippen molar-refractivity contribution < 1.29 is 0 Å². The van der Waals surface area contributed by atoms with Crippen LogP contribution in [0.3, 0.4) is 0 Å². The van der Waals surface area contributed by atoms with Gasteiger partial charge in [0.25, 0.3) is 0 Å². The normalized spacial score (nSPS) is 13.8. The largest absolute Gasteiger partial charge is 0.374 e. The van der Waals surface area contributed by atoms with Crippen LogP contribution in [-0.2, 0) is 0 Å². The number of nitrogens with two attached hydrogens (primary N) is 1. The number of rotatable bonds is 2. The zero-order chi connectivity index (χ0) is 8.43. The molecule has 11 heavy (non-hydrogen) atoms. The minimum Gasteiger partial charge on any atom is -0.374 e. The Bertz CT molecular complexity index is 231. The Morgan fingerprint density at radius 3 is 2.27 bits per heavy atom. The molecule has 0 radical (unpaired) electrons. The van der Waals surface area contributed by atoms with Crippen molar-refractivity contribution in [2.45, 2.75) is 26.7 Å². The van der Waals surface area contributed by atoms with Crippen molar-refractivity contribution in [2.24, 2.45) is 5.92 Å². The highest BCUT2D eigenvalue weighted by Crippen LogP contribution is 2.26. The predicted molar refractivity (Wildman–Crippen MR) is 47.6 cm³/mol. The van der Waals surface area contributed by atoms with Crippen molar-refractivity contribution in [1.29, 1.82) is 0 Å². The summed E-state index contributed by atoms with van der Waals surface area (Å²) in [5.41, 5.74) is 5.46. The van der Waals surface area contributed by atoms with Gasteiger partial charge in [-0.05, 0) is 5.92 Å². The first-order valence-corrected chi connectivity index (χ1v) is 4.51. The monoisotopic (exact) mass is 171 g/mol. The maximum Gasteiger partial charge on any atom is 0.203 e. The molecular weight excluding hydrogens is 158 g/mol. The van der Waals surface area contributed by atoms with Gasteiger partial charge in [-0.1, -0.05) is 32.1 Å². The van der Waals surface area contributed by atoms with Gasteiger partial charge in [-0.3, -0.25) is 0 Å². The van der Waals surface area contributed by atoms with Gasteiger partial charge in [-0.25, -0.2) is 0 Å². The third kappa shape index (κ3) is 1.89. The second-order valence-electron chi connectivity index (χ2n) is 3.01. The summed E-state index contributed by atoms with van der Waals surface area (Å²) < 4.78 is 0. The van der Waals surface area contributed by atoms with Crippen molar-refractivity contribution in [3.8, 4) is 0 Å². The molecule has 3 nitrogen and oxygen atoms in total. The molecule has 0 fully saturated rings. The Morgan fingerprint density at radius 1 is 1.27 bits per heavy atom. The number of nitrogen functional groups attached to an aromatic ring is 1. The van der Waals surface area contributed by atoms with E-state index in [9.17, 15) is 0 Å². The Hall–Kier alpha value is -0.640. The lowest BCUT2D eigenvalue weighted by Gasteiger charge is -2.10. The summed E-state index contributed by atoms with van der Waals surface area (Å²) in [6.45, 7) is 6.48. The lowest BCUT2D eigenvalue weighted by molar-refractivity contribution is 0.529. The molecule has 4 heteroatoms. The first-order chi connectivity index (χ1) is 5.11. The highest BCUT2D eigenvalue weighted by molar-refractivity contribution is 7.15. The van der Waals surface area contributed by atoms with E-state index in [1.165, 1.54) is 11.3 Å². The SMILES string of the molecule is CC(C)[C@H](C)c1nnc(N)s1. The van der Waals surface area contributed by atoms with Crippen molar-refractivity contribution in [3.63, 3.8) is 0 Å². The van der Waals surface area contributed by atoms with Crippen LogP contribution in [0.25, 0.3) is 0 Å². The maximum absolute atomic E-state index is 5.46. The number of nitrogens with zero attached hydrogens (tertiary/aromatic N) is 2. The van der Waals surface area contributed by atoms with Gasteiger partial charge in [0.05, 0.1) is 0 Å². The van der Waals surface area contributed by atoms with Crippen molar-refractivity contribution in [3.05, 3.63) is 5.01 Å². The van der Waals surface area contributed by atoms with E-state index in [4.69, 9.17) is 5.73 Å². The molecule has 0 aliphatic rings. The summed E-state index contributed by atoms with van der Waals surface area (Å²) in [5, 5.41) is 9.35. The van der Waals surface area contributed by atoms with E-state index < -0.39 is 0 Å². The highest BCUT2D eigenvalue weighted by atomic mass is 32.1. The Labute approximate surface area is 70.6 Å². The molecule has 1 atom stereocenters. The molecule has 0 unspecified atom stereocenters. The second-order valence-corrected chi connectivity index (χ2v) is 4.05. The summed E-state index contributed by atoms with van der Waals surface area (Å²) >= 11 is 1.48. The summed E-state index contributed by atoms with van der Waals surface area (Å²) in [7, 11) is 0. The Balaban J connectivity index is 2.76. The van der Waals surface area contributed by atoms with Crippen molar-refractivity contribution >= 4 is 16.5 Å². The molecule has 1 heterocycles. The zero-order valence-electron chi connectivity index (χ0n) is 7.03. The molecule has 0 saturated heterocycles. The standard InChI is InChI=1S/C7H13N3S/c1-4(2)5(3)6-9-10-7(8)11-6/h4-5H,1-3H3,(H2,8,10)/t5-/m0/s1. The Morgan fingerprint density at radius 2 is 1.91 bits per heavy atom. The first-order valence-electron chi connectivity index (χ1n) is 3.70. The molecule has 0 saturated carbocycles. The van der Waals surface area contributed by atoms with E-state index in [0.717, 1.165) is 5.01 Å². The van der Waals surface area contributed by atoms with Crippen LogP contribution < -0.4 is 5.73 Å². The summed E-state index contributed by atoms with van der Waals surface area (Å²) in [6.07, 6.45) is 0. The van der Waals surface area contributed by atoms with Crippen molar-refractivity contribution in [1.82, 2.24) is 10.2 Å². The first kappa shape index (κ1) is 8.46. The lowest BCUT2D eigenvalue weighted by Crippen LogP contribution is -2.00. The summed E-state index contributed by atoms with van der Waals surface area (Å²) in [4.78, 5) is 0. The van der Waals surface area contributed by atoms with Crippen LogP contribution >= 0.6 is 11.3 Å². The van der Waals surface area contributed by atoms with Gasteiger partial charge in [-0.2, -0.15) is 0 Å². The minimum atomic E-state index is 0.463. The molecule has 0 amide bonds. The molecule has 0 aromatic carbocycles. The average Bonchev–Trinajstić information content (AvgIpc) is 2.34. The van der Waals surface area contributed by atoms with Gasteiger partial charge in [-0.15, -0.1) is 10.2 Å². The molecule has 0 aliphatic heterocycles. The van der Waals surface area contributed by atoms with Crippen LogP contribution in [0.1, 0.15) is 31.7 Å². The topological polar surface area (TPSA) is 51.8 Å². The number of hydrogen-bond donors (Lipinski definition) is 1. The van der Waals surface area contributed by atoms with E-state index in [1.807, 2.05) is 0 Å². The van der Waals surface area contributed by atoms with Crippen LogP contribution in [0, 0.1) is 5.92 Å². The third-order valence-corrected chi connectivity index (χ3v) is 2.80. The number of anilines is 1. The molecule has 0 aliphatic carbocycles. The molecule has 1 aromatic heterocycles. The van der Waals surface area contributed by atoms with Crippen molar-refractivity contribution in [2.75, 3.05) is 5.73 Å². The van der Waals surface area contributed by atoms with E-state index in [1.54, 1.807) is 0 Å². The van der Waals surface area contributed by atoms with E-state index in [-0.39, 0.29) is 0 Å². The van der Waals surface area contributed by atoms with Gasteiger partial charge in [0.1, 0.15) is 5.01 Å². The molecule has 0 bridgehead atoms. The molecule has 1 rings (SSSR count). The van der Waals surface area contributed by atoms with Gasteiger partial charge >= 0.3 is 0 Å². The second kappa shape index (κ2) is 3.17. The molecule has 1 aromatic rings. The van der Waals surface area contributed by atoms with Crippen LogP contribution in [0.15, 0.2) is 0 Å². The van der Waals surface area contributed by atoms with E-state index >= 15 is 0 Å². The predicted octanol–water partition coefficient (Wildman–Crippen LogP) is 1.88. The smallest absolute Gasteiger partial charge is 0.203 e.